The van der Waals surface area contributed by atoms with Gasteiger partial charge in [0, 0.05) is 17.7 Å². The highest BCUT2D eigenvalue weighted by molar-refractivity contribution is 5.77. The van der Waals surface area contributed by atoms with E-state index in [1.165, 1.54) is 16.7 Å². The second-order valence-electron chi connectivity index (χ2n) is 6.98. The van der Waals surface area contributed by atoms with Crippen molar-refractivity contribution in [2.45, 2.75) is 26.1 Å². The van der Waals surface area contributed by atoms with Crippen LogP contribution >= 0.6 is 0 Å². The van der Waals surface area contributed by atoms with Gasteiger partial charge in [-0.15, -0.1) is 0 Å². The molecule has 2 aromatic heterocycles. The van der Waals surface area contributed by atoms with Gasteiger partial charge in [-0.3, -0.25) is 9.36 Å². The van der Waals surface area contributed by atoms with Gasteiger partial charge in [0.1, 0.15) is 17.4 Å². The Morgan fingerprint density at radius 1 is 1.06 bits per heavy atom. The lowest BCUT2D eigenvalue weighted by Gasteiger charge is -2.13. The summed E-state index contributed by atoms with van der Waals surface area (Å²) in [5.74, 6) is 1.26. The molecule has 0 radical (unpaired) electrons. The maximum absolute atomic E-state index is 13.2. The van der Waals surface area contributed by atoms with Crippen molar-refractivity contribution in [3.63, 3.8) is 0 Å². The molecule has 0 saturated carbocycles. The Morgan fingerprint density at radius 3 is 2.45 bits per heavy atom. The number of hydrogen-bond donors (Lipinski definition) is 1. The molecule has 0 bridgehead atoms. The van der Waals surface area contributed by atoms with E-state index in [2.05, 4.69) is 15.0 Å². The maximum atomic E-state index is 13.2. The average Bonchev–Trinajstić information content (AvgIpc) is 3.20. The SMILES string of the molecule is CCCn1c(-c2cccc(C(F)(F)F)c2)nc2nc(-c3ccc(OC)cc3)[nH]c2c1=O. The van der Waals surface area contributed by atoms with E-state index in [0.29, 0.717) is 24.5 Å². The van der Waals surface area contributed by atoms with E-state index in [0.717, 1.165) is 17.7 Å². The molecule has 160 valence electrons. The van der Waals surface area contributed by atoms with Crippen LogP contribution in [0.25, 0.3) is 33.9 Å². The van der Waals surface area contributed by atoms with Gasteiger partial charge >= 0.3 is 6.18 Å². The topological polar surface area (TPSA) is 72.8 Å². The molecule has 4 aromatic rings. The van der Waals surface area contributed by atoms with Crippen molar-refractivity contribution in [3.8, 4) is 28.5 Å². The van der Waals surface area contributed by atoms with Gasteiger partial charge in [0.05, 0.1) is 12.7 Å². The first-order valence-electron chi connectivity index (χ1n) is 9.64. The van der Waals surface area contributed by atoms with Crippen LogP contribution in [0.3, 0.4) is 0 Å². The predicted octanol–water partition coefficient (Wildman–Crippen LogP) is 4.89. The van der Waals surface area contributed by atoms with E-state index < -0.39 is 11.7 Å². The van der Waals surface area contributed by atoms with E-state index in [-0.39, 0.29) is 28.1 Å². The van der Waals surface area contributed by atoms with Crippen LogP contribution in [0.2, 0.25) is 0 Å². The second-order valence-corrected chi connectivity index (χ2v) is 6.98. The number of fused-ring (bicyclic) bond motifs is 1. The number of nitrogens with zero attached hydrogens (tertiary/aromatic N) is 3. The molecule has 2 heterocycles. The minimum atomic E-state index is -4.50. The summed E-state index contributed by atoms with van der Waals surface area (Å²) in [5.41, 5.74) is 0.0950. The quantitative estimate of drug-likeness (QED) is 0.491. The molecule has 0 atom stereocenters. The fraction of sp³-hybridized carbons (Fsp3) is 0.227. The largest absolute Gasteiger partial charge is 0.497 e. The Balaban J connectivity index is 1.90. The third-order valence-corrected chi connectivity index (χ3v) is 4.87. The van der Waals surface area contributed by atoms with Gasteiger partial charge in [-0.1, -0.05) is 19.1 Å². The molecular weight excluding hydrogens is 409 g/mol. The summed E-state index contributed by atoms with van der Waals surface area (Å²) in [7, 11) is 1.56. The summed E-state index contributed by atoms with van der Waals surface area (Å²) >= 11 is 0. The zero-order valence-corrected chi connectivity index (χ0v) is 16.8. The van der Waals surface area contributed by atoms with E-state index in [9.17, 15) is 18.0 Å². The number of rotatable bonds is 5. The number of halogens is 3. The maximum Gasteiger partial charge on any atom is 0.416 e. The van der Waals surface area contributed by atoms with Crippen molar-refractivity contribution in [2.24, 2.45) is 0 Å². The number of methoxy groups -OCH3 is 1. The molecule has 0 unspecified atom stereocenters. The molecule has 0 aliphatic heterocycles. The van der Waals surface area contributed by atoms with Gasteiger partial charge in [0.25, 0.3) is 5.56 Å². The van der Waals surface area contributed by atoms with Crippen LogP contribution in [0.1, 0.15) is 18.9 Å². The molecule has 0 aliphatic rings. The Morgan fingerprint density at radius 2 is 1.81 bits per heavy atom. The monoisotopic (exact) mass is 428 g/mol. The Hall–Kier alpha value is -3.62. The lowest BCUT2D eigenvalue weighted by Crippen LogP contribution is -2.23. The zero-order valence-electron chi connectivity index (χ0n) is 16.8. The van der Waals surface area contributed by atoms with E-state index >= 15 is 0 Å². The van der Waals surface area contributed by atoms with Crippen LogP contribution in [0, 0.1) is 0 Å². The van der Waals surface area contributed by atoms with Gasteiger partial charge in [-0.25, -0.2) is 9.97 Å². The molecular formula is C22H19F3N4O2. The number of benzene rings is 2. The second kappa shape index (κ2) is 7.90. The fourth-order valence-corrected chi connectivity index (χ4v) is 3.36. The van der Waals surface area contributed by atoms with Crippen LogP contribution in [-0.2, 0) is 12.7 Å². The van der Waals surface area contributed by atoms with Crippen molar-refractivity contribution in [2.75, 3.05) is 7.11 Å². The van der Waals surface area contributed by atoms with Crippen molar-refractivity contribution in [3.05, 3.63) is 64.4 Å². The van der Waals surface area contributed by atoms with Gasteiger partial charge in [-0.05, 0) is 42.8 Å². The number of nitrogens with one attached hydrogen (secondary N) is 1. The minimum absolute atomic E-state index is 0.149. The molecule has 1 N–H and O–H groups in total. The molecule has 0 aliphatic carbocycles. The Labute approximate surface area is 175 Å². The molecule has 2 aromatic carbocycles. The van der Waals surface area contributed by atoms with Crippen LogP contribution in [-0.4, -0.2) is 26.6 Å². The Bertz CT molecular complexity index is 1290. The highest BCUT2D eigenvalue weighted by Gasteiger charge is 2.31. The lowest BCUT2D eigenvalue weighted by molar-refractivity contribution is -0.137. The third kappa shape index (κ3) is 3.90. The van der Waals surface area contributed by atoms with Gasteiger partial charge in [0.2, 0.25) is 0 Å². The van der Waals surface area contributed by atoms with Crippen LogP contribution in [0.15, 0.2) is 53.3 Å². The fourth-order valence-electron chi connectivity index (χ4n) is 3.36. The summed E-state index contributed by atoms with van der Waals surface area (Å²) in [5, 5.41) is 0. The van der Waals surface area contributed by atoms with Crippen LogP contribution in [0.4, 0.5) is 13.2 Å². The summed E-state index contributed by atoms with van der Waals surface area (Å²) in [6.07, 6.45) is -3.89. The van der Waals surface area contributed by atoms with Gasteiger partial charge < -0.3 is 9.72 Å². The summed E-state index contributed by atoms with van der Waals surface area (Å²) in [6.45, 7) is 2.19. The van der Waals surface area contributed by atoms with Gasteiger partial charge in [-0.2, -0.15) is 13.2 Å². The van der Waals surface area contributed by atoms with Gasteiger partial charge in [0.15, 0.2) is 11.2 Å². The number of imidazole rings is 1. The highest BCUT2D eigenvalue weighted by atomic mass is 19.4. The first-order chi connectivity index (χ1) is 14.8. The first kappa shape index (κ1) is 20.6. The normalized spacial score (nSPS) is 11.8. The van der Waals surface area contributed by atoms with Crippen molar-refractivity contribution >= 4 is 11.2 Å². The van der Waals surface area contributed by atoms with Crippen molar-refractivity contribution in [1.29, 1.82) is 0 Å². The van der Waals surface area contributed by atoms with E-state index in [4.69, 9.17) is 4.74 Å². The number of aromatic amines is 1. The number of aromatic nitrogens is 4. The van der Waals surface area contributed by atoms with Crippen LogP contribution in [0.5, 0.6) is 5.75 Å². The third-order valence-electron chi connectivity index (χ3n) is 4.87. The number of ether oxygens (including phenoxy) is 1. The molecule has 9 heteroatoms. The molecule has 0 saturated heterocycles. The lowest BCUT2D eigenvalue weighted by atomic mass is 10.1. The minimum Gasteiger partial charge on any atom is -0.497 e. The molecule has 6 nitrogen and oxygen atoms in total. The number of H-pyrrole nitrogens is 1. The highest BCUT2D eigenvalue weighted by Crippen LogP contribution is 2.32. The Kier molecular flexibility index (Phi) is 5.26. The van der Waals surface area contributed by atoms with Crippen LogP contribution < -0.4 is 10.3 Å². The summed E-state index contributed by atoms with van der Waals surface area (Å²) < 4.78 is 46.1. The smallest absolute Gasteiger partial charge is 0.416 e. The molecule has 0 fully saturated rings. The van der Waals surface area contributed by atoms with Crippen molar-refractivity contribution < 1.29 is 17.9 Å². The van der Waals surface area contributed by atoms with Crippen molar-refractivity contribution in [1.82, 2.24) is 19.5 Å². The standard InChI is InChI=1S/C22H19F3N4O2/c1-3-11-29-20(14-5-4-6-15(12-14)22(23,24)25)28-19-17(21(29)30)26-18(27-19)13-7-9-16(31-2)10-8-13/h4-10,12H,3,11H2,1-2H3,(H,26,27). The van der Waals surface area contributed by atoms with E-state index in [1.54, 1.807) is 31.4 Å². The summed E-state index contributed by atoms with van der Waals surface area (Å²) in [4.78, 5) is 25.0. The molecule has 31 heavy (non-hydrogen) atoms. The average molecular weight is 428 g/mol. The first-order valence-corrected chi connectivity index (χ1v) is 9.64. The molecule has 0 spiro atoms. The number of alkyl halides is 3. The van der Waals surface area contributed by atoms with E-state index in [1.807, 2.05) is 6.92 Å². The number of hydrogen-bond acceptors (Lipinski definition) is 4. The summed E-state index contributed by atoms with van der Waals surface area (Å²) in [6, 6.07) is 11.9. The molecule has 4 rings (SSSR count). The molecule has 0 amide bonds. The predicted molar refractivity (Wildman–Crippen MR) is 111 cm³/mol. The zero-order chi connectivity index (χ0) is 22.2.